The fourth-order valence-electron chi connectivity index (χ4n) is 4.07. The van der Waals surface area contributed by atoms with E-state index in [2.05, 4.69) is 9.47 Å². The summed E-state index contributed by atoms with van der Waals surface area (Å²) in [6.45, 7) is 1.59. The Kier molecular flexibility index (Phi) is 7.41. The first kappa shape index (κ1) is 27.1. The van der Waals surface area contributed by atoms with Crippen molar-refractivity contribution in [2.24, 2.45) is 5.41 Å². The van der Waals surface area contributed by atoms with E-state index in [0.717, 1.165) is 6.42 Å². The molecule has 3 saturated heterocycles. The molecule has 0 radical (unpaired) electrons. The quantitative estimate of drug-likeness (QED) is 0.267. The second kappa shape index (κ2) is 10.1. The first-order chi connectivity index (χ1) is 17.4. The molecule has 202 valence electrons. The van der Waals surface area contributed by atoms with Gasteiger partial charge in [-0.05, 0) is 24.1 Å². The van der Waals surface area contributed by atoms with Crippen molar-refractivity contribution in [2.45, 2.75) is 38.3 Å². The molecule has 2 bridgehead atoms. The number of hydrogen-bond acceptors (Lipinski definition) is 5. The van der Waals surface area contributed by atoms with Crippen LogP contribution in [0, 0.1) is 28.7 Å². The molecule has 2 aromatic carbocycles. The predicted molar refractivity (Wildman–Crippen MR) is 111 cm³/mol. The van der Waals surface area contributed by atoms with E-state index in [9.17, 15) is 35.1 Å². The largest absolute Gasteiger partial charge is 0.484 e. The summed E-state index contributed by atoms with van der Waals surface area (Å²) in [6.07, 6.45) is -5.39. The molecule has 37 heavy (non-hydrogen) atoms. The Morgan fingerprint density at radius 2 is 1.46 bits per heavy atom. The van der Waals surface area contributed by atoms with Gasteiger partial charge in [-0.1, -0.05) is 13.3 Å². The van der Waals surface area contributed by atoms with Gasteiger partial charge in [0.2, 0.25) is 0 Å². The third-order valence-corrected chi connectivity index (χ3v) is 5.80. The molecule has 3 aliphatic heterocycles. The molecule has 13 heteroatoms. The molecule has 2 aromatic rings. The summed E-state index contributed by atoms with van der Waals surface area (Å²) in [5.74, 6) is -10.9. The molecular weight excluding hydrogens is 520 g/mol. The smallest absolute Gasteiger partial charge is 0.459 e. The van der Waals surface area contributed by atoms with Crippen molar-refractivity contribution >= 4 is 0 Å². The fourth-order valence-corrected chi connectivity index (χ4v) is 4.07. The lowest BCUT2D eigenvalue weighted by atomic mass is 9.84. The van der Waals surface area contributed by atoms with Crippen LogP contribution in [0.4, 0.5) is 35.1 Å². The molecule has 0 unspecified atom stereocenters. The van der Waals surface area contributed by atoms with Crippen LogP contribution >= 0.6 is 0 Å². The molecular formula is C24H20F8O5. The van der Waals surface area contributed by atoms with Gasteiger partial charge in [0.05, 0.1) is 31.6 Å². The van der Waals surface area contributed by atoms with Crippen LogP contribution in [-0.4, -0.2) is 38.3 Å². The Morgan fingerprint density at radius 1 is 0.919 bits per heavy atom. The maximum atomic E-state index is 15.0. The number of benzene rings is 2. The van der Waals surface area contributed by atoms with Gasteiger partial charge in [0.1, 0.15) is 17.4 Å². The second-order valence-electron chi connectivity index (χ2n) is 8.60. The number of allylic oxidation sites excluding steroid dienone is 1. The zero-order valence-electron chi connectivity index (χ0n) is 19.1. The summed E-state index contributed by atoms with van der Waals surface area (Å²) in [5, 5.41) is 0. The molecule has 0 aromatic heterocycles. The molecule has 3 heterocycles. The van der Waals surface area contributed by atoms with Crippen molar-refractivity contribution in [3.63, 3.8) is 0 Å². The summed E-state index contributed by atoms with van der Waals surface area (Å²) in [7, 11) is 0. The zero-order valence-corrected chi connectivity index (χ0v) is 19.1. The number of rotatable bonds is 9. The van der Waals surface area contributed by atoms with Crippen molar-refractivity contribution in [3.8, 4) is 22.6 Å². The van der Waals surface area contributed by atoms with E-state index in [0.29, 0.717) is 36.9 Å². The predicted octanol–water partition coefficient (Wildman–Crippen LogP) is 6.56. The van der Waals surface area contributed by atoms with Crippen molar-refractivity contribution < 1.29 is 58.8 Å². The number of fused-ring (bicyclic) bond motifs is 3. The van der Waals surface area contributed by atoms with Gasteiger partial charge in [-0.2, -0.15) is 8.78 Å². The molecule has 0 atom stereocenters. The SMILES string of the molecule is CCCC12COC(C(F)(F)Oc3cc(F)c(-c4cc(F)c(O/C=C/C(F)F)c(F)c4)c(F)c3)(OC1)OC2. The van der Waals surface area contributed by atoms with Crippen LogP contribution < -0.4 is 9.47 Å². The summed E-state index contributed by atoms with van der Waals surface area (Å²) in [5.41, 5.74) is -2.21. The Hall–Kier alpha value is -2.90. The monoisotopic (exact) mass is 540 g/mol. The van der Waals surface area contributed by atoms with Gasteiger partial charge < -0.3 is 23.7 Å². The molecule has 5 nitrogen and oxygen atoms in total. The summed E-state index contributed by atoms with van der Waals surface area (Å²) in [4.78, 5) is 0. The van der Waals surface area contributed by atoms with E-state index in [1.807, 2.05) is 6.92 Å². The molecule has 5 rings (SSSR count). The average Bonchev–Trinajstić information content (AvgIpc) is 2.81. The highest BCUT2D eigenvalue weighted by molar-refractivity contribution is 5.67. The van der Waals surface area contributed by atoms with Crippen LogP contribution in [0.25, 0.3) is 11.1 Å². The number of halogens is 8. The lowest BCUT2D eigenvalue weighted by Crippen LogP contribution is -2.68. The topological polar surface area (TPSA) is 46.2 Å². The van der Waals surface area contributed by atoms with Gasteiger partial charge in [-0.3, -0.25) is 0 Å². The van der Waals surface area contributed by atoms with Crippen LogP contribution in [0.15, 0.2) is 36.6 Å². The Balaban J connectivity index is 1.56. The zero-order chi connectivity index (χ0) is 27.0. The minimum Gasteiger partial charge on any atom is -0.459 e. The highest BCUT2D eigenvalue weighted by atomic mass is 19.3. The molecule has 0 N–H and O–H groups in total. The maximum Gasteiger partial charge on any atom is 0.484 e. The van der Waals surface area contributed by atoms with Gasteiger partial charge in [0.15, 0.2) is 17.4 Å². The number of ether oxygens (including phenoxy) is 5. The molecule has 0 aliphatic carbocycles. The maximum absolute atomic E-state index is 15.0. The van der Waals surface area contributed by atoms with Gasteiger partial charge in [0, 0.05) is 23.6 Å². The third-order valence-electron chi connectivity index (χ3n) is 5.80. The Labute approximate surface area is 205 Å². The fraction of sp³-hybridized carbons (Fsp3) is 0.417. The average molecular weight is 540 g/mol. The van der Waals surface area contributed by atoms with Crippen molar-refractivity contribution in [2.75, 3.05) is 19.8 Å². The minimum atomic E-state index is -4.34. The summed E-state index contributed by atoms with van der Waals surface area (Å²) in [6, 6.07) is 1.71. The summed E-state index contributed by atoms with van der Waals surface area (Å²) >= 11 is 0. The van der Waals surface area contributed by atoms with Gasteiger partial charge in [-0.15, -0.1) is 0 Å². The Bertz CT molecular complexity index is 1120. The van der Waals surface area contributed by atoms with Gasteiger partial charge in [0.25, 0.3) is 6.43 Å². The van der Waals surface area contributed by atoms with Crippen LogP contribution in [0.2, 0.25) is 0 Å². The summed E-state index contributed by atoms with van der Waals surface area (Å²) < 4.78 is 137. The van der Waals surface area contributed by atoms with Crippen molar-refractivity contribution in [1.29, 1.82) is 0 Å². The number of hydrogen-bond donors (Lipinski definition) is 0. The van der Waals surface area contributed by atoms with Gasteiger partial charge >= 0.3 is 12.1 Å². The molecule has 0 amide bonds. The normalized spacial score (nSPS) is 23.7. The Morgan fingerprint density at radius 3 is 1.95 bits per heavy atom. The second-order valence-corrected chi connectivity index (χ2v) is 8.60. The van der Waals surface area contributed by atoms with Crippen LogP contribution in [0.5, 0.6) is 11.5 Å². The van der Waals surface area contributed by atoms with Crippen molar-refractivity contribution in [1.82, 2.24) is 0 Å². The molecule has 3 fully saturated rings. The standard InChI is InChI=1S/C24H20F8O5/c1-2-4-22-10-34-24(35-11-22,36-12-22)23(31,32)37-14-8-15(25)20(16(26)9-14)13-6-17(27)21(18(28)7-13)33-5-3-19(29)30/h3,5-9,19H,2,4,10-12H2,1H3/b5-3+. The number of alkyl halides is 4. The highest BCUT2D eigenvalue weighted by Gasteiger charge is 2.68. The third kappa shape index (κ3) is 5.25. The van der Waals surface area contributed by atoms with Gasteiger partial charge in [-0.25, -0.2) is 26.3 Å². The van der Waals surface area contributed by atoms with E-state index in [-0.39, 0.29) is 25.9 Å². The van der Waals surface area contributed by atoms with E-state index in [1.165, 1.54) is 0 Å². The first-order valence-electron chi connectivity index (χ1n) is 11.0. The lowest BCUT2D eigenvalue weighted by Gasteiger charge is -2.52. The first-order valence-corrected chi connectivity index (χ1v) is 11.0. The molecule has 0 saturated carbocycles. The molecule has 0 spiro atoms. The van der Waals surface area contributed by atoms with E-state index in [1.54, 1.807) is 0 Å². The molecule has 3 aliphatic rings. The highest BCUT2D eigenvalue weighted by Crippen LogP contribution is 2.48. The van der Waals surface area contributed by atoms with Crippen LogP contribution in [-0.2, 0) is 14.2 Å². The van der Waals surface area contributed by atoms with E-state index in [4.69, 9.17) is 14.2 Å². The van der Waals surface area contributed by atoms with Crippen LogP contribution in [0.1, 0.15) is 19.8 Å². The van der Waals surface area contributed by atoms with E-state index >= 15 is 0 Å². The lowest BCUT2D eigenvalue weighted by molar-refractivity contribution is -0.548. The van der Waals surface area contributed by atoms with Crippen LogP contribution in [0.3, 0.4) is 0 Å². The minimum absolute atomic E-state index is 0.101. The van der Waals surface area contributed by atoms with Crippen molar-refractivity contribution in [3.05, 3.63) is 59.9 Å². The van der Waals surface area contributed by atoms with E-state index < -0.39 is 69.8 Å².